The smallest absolute Gasteiger partial charge is 0.157 e. The van der Waals surface area contributed by atoms with Gasteiger partial charge in [0.1, 0.15) is 0 Å². The first-order chi connectivity index (χ1) is 19.1. The van der Waals surface area contributed by atoms with Crippen LogP contribution in [0.5, 0.6) is 0 Å². The van der Waals surface area contributed by atoms with Crippen molar-refractivity contribution in [3.05, 3.63) is 31.4 Å². The molecule has 0 bridgehead atoms. The Labute approximate surface area is 329 Å². The number of ether oxygens (including phenoxy) is 2. The first kappa shape index (κ1) is 42.9. The Balaban J connectivity index is 0.00000176. The molecule has 0 spiro atoms. The van der Waals surface area contributed by atoms with Crippen LogP contribution in [0.1, 0.15) is 127 Å². The van der Waals surface area contributed by atoms with Crippen molar-refractivity contribution in [1.29, 1.82) is 0 Å². The maximum Gasteiger partial charge on any atom is 0.157 e. The maximum atomic E-state index is 12.6. The van der Waals surface area contributed by atoms with Gasteiger partial charge in [-0.15, -0.1) is 0 Å². The molecular weight excluding hydrogens is 840 g/mol. The molecule has 5 aliphatic carbocycles. The van der Waals surface area contributed by atoms with E-state index in [1.54, 1.807) is 11.5 Å². The summed E-state index contributed by atoms with van der Waals surface area (Å²) in [4.78, 5) is 12.6. The molecule has 0 aromatic heterocycles. The van der Waals surface area contributed by atoms with Crippen LogP contribution >= 0.6 is 0 Å². The number of fused-ring (bicyclic) bond motifs is 7. The van der Waals surface area contributed by atoms with Crippen molar-refractivity contribution in [3.63, 3.8) is 0 Å². The van der Waals surface area contributed by atoms with Crippen molar-refractivity contribution in [2.24, 2.45) is 62.6 Å². The van der Waals surface area contributed by atoms with E-state index in [9.17, 15) is 4.79 Å². The molecule has 0 N–H and O–H groups in total. The van der Waals surface area contributed by atoms with Gasteiger partial charge in [0.15, 0.2) is 6.29 Å². The van der Waals surface area contributed by atoms with Crippen molar-refractivity contribution < 1.29 is 86.6 Å². The second-order valence-electron chi connectivity index (χ2n) is 17.5. The van der Waals surface area contributed by atoms with Gasteiger partial charge >= 0.3 is 0 Å². The van der Waals surface area contributed by atoms with Crippen molar-refractivity contribution >= 4 is 6.29 Å². The minimum absolute atomic E-state index is 0. The molecule has 13 atom stereocenters. The Morgan fingerprint density at radius 3 is 2.29 bits per heavy atom. The quantitative estimate of drug-likeness (QED) is 0.161. The maximum absolute atomic E-state index is 12.6. The average Bonchev–Trinajstić information content (AvgIpc) is 2.92. The van der Waals surface area contributed by atoms with Gasteiger partial charge in [-0.3, -0.25) is 17.6 Å². The van der Waals surface area contributed by atoms with E-state index in [4.69, 9.17) is 9.47 Å². The Morgan fingerprint density at radius 1 is 0.978 bits per heavy atom. The van der Waals surface area contributed by atoms with Crippen molar-refractivity contribution in [1.82, 2.24) is 0 Å². The second-order valence-corrected chi connectivity index (χ2v) is 17.5. The number of rotatable bonds is 3. The van der Waals surface area contributed by atoms with E-state index < -0.39 is 0 Å². The molecule has 45 heavy (non-hydrogen) atoms. The molecule has 0 aromatic carbocycles. The van der Waals surface area contributed by atoms with E-state index in [1.807, 2.05) is 0 Å². The monoisotopic (exact) mass is 902 g/mol. The molecule has 0 aromatic rings. The number of hydrogen-bond donors (Lipinski definition) is 0. The number of hydrogen-bond acceptors (Lipinski definition) is 3. The van der Waals surface area contributed by atoms with Crippen molar-refractivity contribution in [2.75, 3.05) is 0 Å². The summed E-state index contributed by atoms with van der Waals surface area (Å²) in [6.07, 6.45) is 18.3. The molecule has 1 heterocycles. The number of allylic oxidation sites excluding steroid dienone is 2. The molecular formula is C39H62O3VWY-4. The van der Waals surface area contributed by atoms with E-state index in [0.29, 0.717) is 35.5 Å². The fourth-order valence-electron chi connectivity index (χ4n) is 11.6. The van der Waals surface area contributed by atoms with E-state index >= 15 is 0 Å². The first-order valence-electron chi connectivity index (χ1n) is 17.2. The molecule has 4 saturated carbocycles. The minimum Gasteiger partial charge on any atom is -0.544 e. The Morgan fingerprint density at radius 2 is 1.64 bits per heavy atom. The summed E-state index contributed by atoms with van der Waals surface area (Å²) in [5, 5.41) is 0. The van der Waals surface area contributed by atoms with Crippen molar-refractivity contribution in [3.8, 4) is 0 Å². The Bertz CT molecular complexity index is 1080. The van der Waals surface area contributed by atoms with Crippen LogP contribution in [0.2, 0.25) is 0 Å². The summed E-state index contributed by atoms with van der Waals surface area (Å²) in [5.41, 5.74) is 2.19. The summed E-state index contributed by atoms with van der Waals surface area (Å²) in [5.74, 6) is 4.76. The molecule has 3 nitrogen and oxygen atoms in total. The van der Waals surface area contributed by atoms with E-state index in [1.165, 1.54) is 19.3 Å². The van der Waals surface area contributed by atoms with Crippen molar-refractivity contribution in [2.45, 2.75) is 146 Å². The van der Waals surface area contributed by atoms with Gasteiger partial charge in [-0.05, 0) is 66.6 Å². The fraction of sp³-hybridized carbons (Fsp3) is 0.846. The molecule has 5 unspecified atom stereocenters. The molecule has 0 amide bonds. The molecule has 2 radical (unpaired) electrons. The van der Waals surface area contributed by atoms with Crippen LogP contribution in [0, 0.1) is 82.3 Å². The normalized spacial score (nSPS) is 50.2. The third-order valence-corrected chi connectivity index (χ3v) is 15.3. The third kappa shape index (κ3) is 6.52. The zero-order valence-electron chi connectivity index (χ0n) is 30.4. The average molecular weight is 903 g/mol. The van der Waals surface area contributed by atoms with Gasteiger partial charge in [-0.25, -0.2) is 0 Å². The van der Waals surface area contributed by atoms with Gasteiger partial charge in [0.05, 0.1) is 6.10 Å². The van der Waals surface area contributed by atoms with Crippen LogP contribution in [0.25, 0.3) is 0 Å². The predicted molar refractivity (Wildman–Crippen MR) is 173 cm³/mol. The van der Waals surface area contributed by atoms with Crippen LogP contribution in [0.15, 0.2) is 11.6 Å². The largest absolute Gasteiger partial charge is 0.544 e. The molecule has 254 valence electrons. The van der Waals surface area contributed by atoms with Gasteiger partial charge in [0.25, 0.3) is 0 Å². The standard InChI is InChI=1S/C38H59O3.CH3.V.W.Y/c1-23-24(2)27(5)40-33(25(23)3)41-31-14-15-35(8)28(26(31)4)13-16-37(10)32(35)12-11-29-30-21-34(6,7)17-19-38(30,22-39)20-18-36(29,37)9;;;;/h11,20,23-25,27-28,30-33H,12-19,21H2,1-10H3;1H3;;;/q-3;-1;;;/t23?,24-,25-,27?,28-,30?,31-,32?,33-,35?,36+,37-,38+;;;;/m0..../s1. The van der Waals surface area contributed by atoms with Crippen LogP contribution < -0.4 is 0 Å². The molecule has 6 rings (SSSR count). The van der Waals surface area contributed by atoms with E-state index in [0.717, 1.165) is 38.5 Å². The fourth-order valence-corrected chi connectivity index (χ4v) is 11.6. The molecule has 6 heteroatoms. The second kappa shape index (κ2) is 14.7. The van der Waals surface area contributed by atoms with Gasteiger partial charge < -0.3 is 28.1 Å². The Hall–Kier alpha value is 1.71. The summed E-state index contributed by atoms with van der Waals surface area (Å²) in [6, 6.07) is 0. The van der Waals surface area contributed by atoms with Crippen LogP contribution in [0.3, 0.4) is 0 Å². The molecule has 5 fully saturated rings. The van der Waals surface area contributed by atoms with Crippen LogP contribution in [-0.4, -0.2) is 24.8 Å². The summed E-state index contributed by atoms with van der Waals surface area (Å²) in [7, 11) is 0. The molecule has 6 aliphatic rings. The van der Waals surface area contributed by atoms with Gasteiger partial charge in [-0.2, -0.15) is 19.3 Å². The van der Waals surface area contributed by atoms with Crippen LogP contribution in [-0.2, 0) is 86.6 Å². The van der Waals surface area contributed by atoms with E-state index in [2.05, 4.69) is 88.0 Å². The number of carbonyl (C=O) groups excluding carboxylic acids is 1. The third-order valence-electron chi connectivity index (χ3n) is 15.3. The zero-order valence-corrected chi connectivity index (χ0v) is 37.5. The topological polar surface area (TPSA) is 35.5 Å². The Kier molecular flexibility index (Phi) is 14.0. The van der Waals surface area contributed by atoms with E-state index in [-0.39, 0.29) is 125 Å². The predicted octanol–water partition coefficient (Wildman–Crippen LogP) is 9.76. The SMILES string of the molecule is C[C-]1[C@@H](O[C@@H]2OC(C)[C@@H](C)C(C)[C@@H]2C)CCC2(C)C3CC=C4C5CC(C)(C)CC[C@]5([C-]=O)[CH-]C[C@@]4(C)[C@@]3(C)CC[C@@H]12.[CH3-].[V].[W].[Y]. The summed E-state index contributed by atoms with van der Waals surface area (Å²) < 4.78 is 13.4. The molecule has 1 saturated heterocycles. The molecule has 1 aliphatic heterocycles. The zero-order chi connectivity index (χ0) is 29.8. The van der Waals surface area contributed by atoms with Gasteiger partial charge in [-0.1, -0.05) is 110 Å². The summed E-state index contributed by atoms with van der Waals surface area (Å²) in [6.45, 7) is 24.3. The summed E-state index contributed by atoms with van der Waals surface area (Å²) >= 11 is 0. The van der Waals surface area contributed by atoms with Gasteiger partial charge in [0, 0.05) is 78.2 Å². The minimum atomic E-state index is -0.365. The van der Waals surface area contributed by atoms with Crippen LogP contribution in [0.4, 0.5) is 0 Å². The van der Waals surface area contributed by atoms with Gasteiger partial charge in [0.2, 0.25) is 0 Å². The first-order valence-corrected chi connectivity index (χ1v) is 17.2.